The fraction of sp³-hybridized carbons (Fsp3) is 0.516. The van der Waals surface area contributed by atoms with E-state index in [-0.39, 0.29) is 42.9 Å². The van der Waals surface area contributed by atoms with Crippen LogP contribution >= 0.6 is 0 Å². The SMILES string of the molecule is COc1ccc(CN(Cc2ccc(OC)cc2)S(=O)(=O)[C@H](C)[C@@H](C)[C@H]2C=C([C@H](OC)[C@@H]3CC[C@H]3C=O)C2)cc1. The van der Waals surface area contributed by atoms with E-state index < -0.39 is 15.3 Å². The lowest BCUT2D eigenvalue weighted by atomic mass is 9.65. The second-order valence-electron chi connectivity index (χ2n) is 10.9. The summed E-state index contributed by atoms with van der Waals surface area (Å²) in [7, 11) is 1.27. The zero-order chi connectivity index (χ0) is 28.2. The maximum atomic E-state index is 14.1. The third kappa shape index (κ3) is 6.39. The second kappa shape index (κ2) is 12.7. The summed E-state index contributed by atoms with van der Waals surface area (Å²) in [6.07, 6.45) is 5.91. The lowest BCUT2D eigenvalue weighted by Crippen LogP contribution is -2.44. The summed E-state index contributed by atoms with van der Waals surface area (Å²) in [5.41, 5.74) is 2.99. The normalized spacial score (nSPS) is 23.1. The highest BCUT2D eigenvalue weighted by Crippen LogP contribution is 2.45. The first kappa shape index (κ1) is 29.3. The van der Waals surface area contributed by atoms with Crippen LogP contribution in [0.5, 0.6) is 11.5 Å². The molecule has 4 rings (SSSR count). The first-order valence-electron chi connectivity index (χ1n) is 13.6. The zero-order valence-corrected chi connectivity index (χ0v) is 24.4. The second-order valence-corrected chi connectivity index (χ2v) is 13.2. The average Bonchev–Trinajstić information content (AvgIpc) is 2.91. The van der Waals surface area contributed by atoms with Gasteiger partial charge in [-0.05, 0) is 84.9 Å². The van der Waals surface area contributed by atoms with Gasteiger partial charge in [0.2, 0.25) is 10.0 Å². The summed E-state index contributed by atoms with van der Waals surface area (Å²) in [4.78, 5) is 11.4. The molecule has 2 aliphatic carbocycles. The molecule has 212 valence electrons. The minimum atomic E-state index is -3.65. The van der Waals surface area contributed by atoms with Crippen LogP contribution < -0.4 is 9.47 Å². The van der Waals surface area contributed by atoms with Crippen molar-refractivity contribution in [3.8, 4) is 11.5 Å². The molecule has 0 saturated heterocycles. The van der Waals surface area contributed by atoms with Crippen molar-refractivity contribution >= 4 is 16.3 Å². The molecule has 0 aliphatic heterocycles. The lowest BCUT2D eigenvalue weighted by molar-refractivity contribution is -0.119. The van der Waals surface area contributed by atoms with Crippen LogP contribution in [0.2, 0.25) is 0 Å². The Balaban J connectivity index is 1.51. The summed E-state index contributed by atoms with van der Waals surface area (Å²) in [6, 6.07) is 15.0. The number of allylic oxidation sites excluding steroid dienone is 1. The molecular formula is C31H41NO6S. The highest BCUT2D eigenvalue weighted by atomic mass is 32.2. The van der Waals surface area contributed by atoms with Gasteiger partial charge in [-0.3, -0.25) is 0 Å². The number of carbonyl (C=O) groups excluding carboxylic acids is 1. The summed E-state index contributed by atoms with van der Waals surface area (Å²) >= 11 is 0. The molecule has 8 heteroatoms. The monoisotopic (exact) mass is 555 g/mol. The van der Waals surface area contributed by atoms with Crippen LogP contribution in [0.1, 0.15) is 44.2 Å². The first-order valence-corrected chi connectivity index (χ1v) is 15.2. The van der Waals surface area contributed by atoms with Crippen molar-refractivity contribution < 1.29 is 27.4 Å². The van der Waals surface area contributed by atoms with Crippen LogP contribution in [0.25, 0.3) is 0 Å². The molecule has 0 heterocycles. The van der Waals surface area contributed by atoms with E-state index in [0.717, 1.165) is 48.2 Å². The molecule has 0 spiro atoms. The molecule has 2 aromatic rings. The number of carbonyl (C=O) groups is 1. The highest BCUT2D eigenvalue weighted by molar-refractivity contribution is 7.89. The lowest BCUT2D eigenvalue weighted by Gasteiger charge is -2.44. The quantitative estimate of drug-likeness (QED) is 0.234. The number of sulfonamides is 1. The van der Waals surface area contributed by atoms with E-state index in [9.17, 15) is 13.2 Å². The number of aldehydes is 1. The van der Waals surface area contributed by atoms with Gasteiger partial charge in [0.1, 0.15) is 17.8 Å². The van der Waals surface area contributed by atoms with E-state index in [2.05, 4.69) is 6.08 Å². The Morgan fingerprint density at radius 3 is 1.79 bits per heavy atom. The fourth-order valence-corrected chi connectivity index (χ4v) is 7.59. The predicted molar refractivity (Wildman–Crippen MR) is 152 cm³/mol. The summed E-state index contributed by atoms with van der Waals surface area (Å²) in [6.45, 7) is 4.38. The minimum absolute atomic E-state index is 0.0500. The van der Waals surface area contributed by atoms with E-state index in [1.165, 1.54) is 5.57 Å². The van der Waals surface area contributed by atoms with Gasteiger partial charge in [0.05, 0.1) is 25.6 Å². The van der Waals surface area contributed by atoms with Crippen molar-refractivity contribution in [1.82, 2.24) is 4.31 Å². The third-order valence-electron chi connectivity index (χ3n) is 8.75. The topological polar surface area (TPSA) is 82.1 Å². The van der Waals surface area contributed by atoms with Crippen molar-refractivity contribution in [2.24, 2.45) is 23.7 Å². The van der Waals surface area contributed by atoms with E-state index >= 15 is 0 Å². The van der Waals surface area contributed by atoms with Gasteiger partial charge < -0.3 is 19.0 Å². The van der Waals surface area contributed by atoms with Crippen LogP contribution in [0.4, 0.5) is 0 Å². The van der Waals surface area contributed by atoms with Crippen LogP contribution in [-0.4, -0.2) is 51.7 Å². The molecular weight excluding hydrogens is 514 g/mol. The first-order chi connectivity index (χ1) is 18.7. The van der Waals surface area contributed by atoms with E-state index in [1.54, 1.807) is 25.6 Å². The Bertz CT molecular complexity index is 1190. The van der Waals surface area contributed by atoms with Crippen LogP contribution in [0, 0.1) is 23.7 Å². The molecule has 0 bridgehead atoms. The summed E-state index contributed by atoms with van der Waals surface area (Å²) < 4.78 is 46.1. The summed E-state index contributed by atoms with van der Waals surface area (Å²) in [5.74, 6) is 1.84. The largest absolute Gasteiger partial charge is 0.497 e. The number of nitrogens with zero attached hydrogens (tertiary/aromatic N) is 1. The Morgan fingerprint density at radius 1 is 0.897 bits per heavy atom. The van der Waals surface area contributed by atoms with E-state index in [4.69, 9.17) is 14.2 Å². The molecule has 0 aromatic heterocycles. The third-order valence-corrected chi connectivity index (χ3v) is 11.1. The molecule has 2 aliphatic rings. The maximum absolute atomic E-state index is 14.1. The molecule has 2 aromatic carbocycles. The number of methoxy groups -OCH3 is 3. The number of ether oxygens (including phenoxy) is 3. The van der Waals surface area contributed by atoms with Gasteiger partial charge in [0.25, 0.3) is 0 Å². The highest BCUT2D eigenvalue weighted by Gasteiger charge is 2.43. The van der Waals surface area contributed by atoms with E-state index in [0.29, 0.717) is 0 Å². The Kier molecular flexibility index (Phi) is 9.51. The molecule has 0 N–H and O–H groups in total. The van der Waals surface area contributed by atoms with Crippen LogP contribution in [0.15, 0.2) is 60.2 Å². The van der Waals surface area contributed by atoms with Crippen molar-refractivity contribution in [3.63, 3.8) is 0 Å². The van der Waals surface area contributed by atoms with Crippen molar-refractivity contribution in [3.05, 3.63) is 71.3 Å². The van der Waals surface area contributed by atoms with Gasteiger partial charge in [-0.15, -0.1) is 0 Å². The molecule has 0 amide bonds. The van der Waals surface area contributed by atoms with Crippen molar-refractivity contribution in [2.45, 2.75) is 57.6 Å². The molecule has 1 saturated carbocycles. The van der Waals surface area contributed by atoms with E-state index in [1.807, 2.05) is 62.4 Å². The van der Waals surface area contributed by atoms with Gasteiger partial charge in [-0.2, -0.15) is 4.31 Å². The van der Waals surface area contributed by atoms with Gasteiger partial charge in [-0.1, -0.05) is 37.3 Å². The van der Waals surface area contributed by atoms with Crippen LogP contribution in [-0.2, 0) is 32.6 Å². The Morgan fingerprint density at radius 2 is 1.41 bits per heavy atom. The zero-order valence-electron chi connectivity index (χ0n) is 23.6. The molecule has 1 fully saturated rings. The van der Waals surface area contributed by atoms with Crippen molar-refractivity contribution in [1.29, 1.82) is 0 Å². The Labute approximate surface area is 233 Å². The number of hydrogen-bond acceptors (Lipinski definition) is 6. The van der Waals surface area contributed by atoms with Gasteiger partial charge in [-0.25, -0.2) is 8.42 Å². The van der Waals surface area contributed by atoms with Crippen molar-refractivity contribution in [2.75, 3.05) is 21.3 Å². The molecule has 0 unspecified atom stereocenters. The molecule has 6 atom stereocenters. The Hall–Kier alpha value is -2.68. The number of hydrogen-bond donors (Lipinski definition) is 0. The molecule has 0 radical (unpaired) electrons. The fourth-order valence-electron chi connectivity index (χ4n) is 5.72. The average molecular weight is 556 g/mol. The summed E-state index contributed by atoms with van der Waals surface area (Å²) in [5, 5.41) is -0.579. The molecule has 39 heavy (non-hydrogen) atoms. The number of rotatable bonds is 14. The minimum Gasteiger partial charge on any atom is -0.497 e. The van der Waals surface area contributed by atoms with Gasteiger partial charge in [0.15, 0.2) is 0 Å². The van der Waals surface area contributed by atoms with Gasteiger partial charge >= 0.3 is 0 Å². The smallest absolute Gasteiger partial charge is 0.217 e. The predicted octanol–water partition coefficient (Wildman–Crippen LogP) is 5.25. The number of benzene rings is 2. The maximum Gasteiger partial charge on any atom is 0.217 e. The van der Waals surface area contributed by atoms with Gasteiger partial charge in [0, 0.05) is 26.1 Å². The standard InChI is InChI=1S/C31H41NO6S/c1-21(26-16-27(17-26)31(38-5)30-15-10-25(30)20-33)22(2)39(34,35)32(18-23-6-11-28(36-3)12-7-23)19-24-8-13-29(37-4)14-9-24/h6-9,11-14,16,20-22,25-26,30-31H,10,15,17-19H2,1-5H3/t21-,22-,25+,26+,30-,31+/m1/s1. The molecule has 7 nitrogen and oxygen atoms in total. The van der Waals surface area contributed by atoms with Crippen LogP contribution in [0.3, 0.4) is 0 Å².